The summed E-state index contributed by atoms with van der Waals surface area (Å²) in [4.78, 5) is 11.7. The number of carbonyl (C=O) groups excluding carboxylic acids is 1. The number of ether oxygens (including phenoxy) is 1. The van der Waals surface area contributed by atoms with Crippen LogP contribution in [0.1, 0.15) is 25.7 Å². The maximum Gasteiger partial charge on any atom is 0.310 e. The average Bonchev–Trinajstić information content (AvgIpc) is 2.43. The van der Waals surface area contributed by atoms with Crippen LogP contribution < -0.4 is 5.32 Å². The molecule has 7 heteroatoms. The van der Waals surface area contributed by atoms with Crippen molar-refractivity contribution in [2.45, 2.75) is 30.9 Å². The van der Waals surface area contributed by atoms with E-state index in [0.29, 0.717) is 25.9 Å². The number of carbonyl (C=O) groups is 1. The molecule has 1 aliphatic carbocycles. The molecule has 1 rings (SSSR count). The topological polar surface area (TPSA) is 75.7 Å². The number of hydrogen-bond donors (Lipinski definition) is 1. The Bertz CT molecular complexity index is 397. The van der Waals surface area contributed by atoms with Crippen molar-refractivity contribution in [3.05, 3.63) is 0 Å². The number of sulfonamides is 1. The molecular weight excluding hydrogens is 268 g/mol. The molecule has 0 aliphatic heterocycles. The summed E-state index contributed by atoms with van der Waals surface area (Å²) in [6.45, 7) is 0.995. The largest absolute Gasteiger partial charge is 0.469 e. The second kappa shape index (κ2) is 7.21. The molecule has 1 fully saturated rings. The SMILES string of the molecule is CNCCN(C)S(=O)(=O)C1CCCCC1C(=O)OC. The molecule has 0 saturated heterocycles. The van der Waals surface area contributed by atoms with Gasteiger partial charge in [0.1, 0.15) is 0 Å². The van der Waals surface area contributed by atoms with Crippen LogP contribution in [-0.4, -0.2) is 58.2 Å². The first-order valence-corrected chi connectivity index (χ1v) is 8.13. The molecule has 0 heterocycles. The van der Waals surface area contributed by atoms with Crippen LogP contribution in [0, 0.1) is 5.92 Å². The summed E-state index contributed by atoms with van der Waals surface area (Å²) in [5.74, 6) is -0.934. The highest BCUT2D eigenvalue weighted by Gasteiger charge is 2.41. The summed E-state index contributed by atoms with van der Waals surface area (Å²) in [6.07, 6.45) is 2.85. The summed E-state index contributed by atoms with van der Waals surface area (Å²) < 4.78 is 31.1. The number of rotatable bonds is 6. The van der Waals surface area contributed by atoms with Crippen LogP contribution in [0.5, 0.6) is 0 Å². The highest BCUT2D eigenvalue weighted by molar-refractivity contribution is 7.89. The fourth-order valence-corrected chi connectivity index (χ4v) is 4.44. The van der Waals surface area contributed by atoms with Gasteiger partial charge < -0.3 is 10.1 Å². The molecule has 112 valence electrons. The second-order valence-electron chi connectivity index (χ2n) is 4.92. The van der Waals surface area contributed by atoms with Crippen LogP contribution in [0.4, 0.5) is 0 Å². The smallest absolute Gasteiger partial charge is 0.310 e. The van der Waals surface area contributed by atoms with E-state index < -0.39 is 27.2 Å². The maximum absolute atomic E-state index is 12.5. The van der Waals surface area contributed by atoms with E-state index >= 15 is 0 Å². The van der Waals surface area contributed by atoms with Crippen LogP contribution in [-0.2, 0) is 19.6 Å². The zero-order chi connectivity index (χ0) is 14.5. The molecule has 0 spiro atoms. The Morgan fingerprint density at radius 3 is 2.58 bits per heavy atom. The molecule has 6 nitrogen and oxygen atoms in total. The van der Waals surface area contributed by atoms with Crippen molar-refractivity contribution in [3.63, 3.8) is 0 Å². The van der Waals surface area contributed by atoms with E-state index in [-0.39, 0.29) is 0 Å². The van der Waals surface area contributed by atoms with Gasteiger partial charge in [-0.1, -0.05) is 12.8 Å². The second-order valence-corrected chi connectivity index (χ2v) is 7.18. The highest BCUT2D eigenvalue weighted by Crippen LogP contribution is 2.31. The molecule has 2 atom stereocenters. The third-order valence-corrected chi connectivity index (χ3v) is 6.08. The molecular formula is C12H24N2O4S. The van der Waals surface area contributed by atoms with Crippen molar-refractivity contribution < 1.29 is 17.9 Å². The number of nitrogens with zero attached hydrogens (tertiary/aromatic N) is 1. The first-order valence-electron chi connectivity index (χ1n) is 6.62. The highest BCUT2D eigenvalue weighted by atomic mass is 32.2. The first-order chi connectivity index (χ1) is 8.95. The number of likely N-dealkylation sites (N-methyl/N-ethyl adjacent to an activating group) is 2. The Labute approximate surface area is 115 Å². The van der Waals surface area contributed by atoms with Crippen molar-refractivity contribution in [1.82, 2.24) is 9.62 Å². The molecule has 0 aromatic heterocycles. The normalized spacial score (nSPS) is 24.4. The third-order valence-electron chi connectivity index (χ3n) is 3.70. The van der Waals surface area contributed by atoms with Gasteiger partial charge in [0.15, 0.2) is 0 Å². The Balaban J connectivity index is 2.86. The van der Waals surface area contributed by atoms with Crippen molar-refractivity contribution in [3.8, 4) is 0 Å². The molecule has 0 amide bonds. The monoisotopic (exact) mass is 292 g/mol. The van der Waals surface area contributed by atoms with E-state index in [1.54, 1.807) is 14.1 Å². The van der Waals surface area contributed by atoms with Gasteiger partial charge in [-0.05, 0) is 19.9 Å². The van der Waals surface area contributed by atoms with Gasteiger partial charge in [0, 0.05) is 20.1 Å². The maximum atomic E-state index is 12.5. The molecule has 2 unspecified atom stereocenters. The van der Waals surface area contributed by atoms with Crippen LogP contribution in [0.15, 0.2) is 0 Å². The standard InChI is InChI=1S/C12H24N2O4S/c1-13-8-9-14(2)19(16,17)11-7-5-4-6-10(11)12(15)18-3/h10-11,13H,4-9H2,1-3H3. The van der Waals surface area contributed by atoms with E-state index in [4.69, 9.17) is 4.74 Å². The van der Waals surface area contributed by atoms with Gasteiger partial charge in [-0.15, -0.1) is 0 Å². The lowest BCUT2D eigenvalue weighted by atomic mass is 9.89. The predicted octanol–water partition coefficient (Wildman–Crippen LogP) is 0.199. The fourth-order valence-electron chi connectivity index (χ4n) is 2.50. The van der Waals surface area contributed by atoms with Gasteiger partial charge in [0.05, 0.1) is 18.3 Å². The van der Waals surface area contributed by atoms with E-state index in [9.17, 15) is 13.2 Å². The minimum absolute atomic E-state index is 0.406. The van der Waals surface area contributed by atoms with Crippen LogP contribution in [0.2, 0.25) is 0 Å². The lowest BCUT2D eigenvalue weighted by Crippen LogP contribution is -2.46. The summed E-state index contributed by atoms with van der Waals surface area (Å²) in [5.41, 5.74) is 0. The van der Waals surface area contributed by atoms with Gasteiger partial charge in [0.25, 0.3) is 0 Å². The van der Waals surface area contributed by atoms with Crippen molar-refractivity contribution in [2.24, 2.45) is 5.92 Å². The summed E-state index contributed by atoms with van der Waals surface area (Å²) in [6, 6.07) is 0. The zero-order valence-electron chi connectivity index (χ0n) is 11.9. The van der Waals surface area contributed by atoms with Gasteiger partial charge in [0.2, 0.25) is 10.0 Å². The number of methoxy groups -OCH3 is 1. The molecule has 19 heavy (non-hydrogen) atoms. The average molecular weight is 292 g/mol. The first kappa shape index (κ1) is 16.4. The van der Waals surface area contributed by atoms with Crippen molar-refractivity contribution in [1.29, 1.82) is 0 Å². The van der Waals surface area contributed by atoms with Crippen molar-refractivity contribution >= 4 is 16.0 Å². The lowest BCUT2D eigenvalue weighted by molar-refractivity contribution is -0.146. The predicted molar refractivity (Wildman–Crippen MR) is 73.2 cm³/mol. The van der Waals surface area contributed by atoms with Gasteiger partial charge in [-0.2, -0.15) is 0 Å². The molecule has 0 aromatic rings. The van der Waals surface area contributed by atoms with E-state index in [2.05, 4.69) is 5.32 Å². The molecule has 0 aromatic carbocycles. The van der Waals surface area contributed by atoms with E-state index in [0.717, 1.165) is 12.8 Å². The Hall–Kier alpha value is -0.660. The summed E-state index contributed by atoms with van der Waals surface area (Å²) in [5, 5.41) is 2.28. The molecule has 0 radical (unpaired) electrons. The Morgan fingerprint density at radius 2 is 2.00 bits per heavy atom. The van der Waals surface area contributed by atoms with Gasteiger partial charge >= 0.3 is 5.97 Å². The van der Waals surface area contributed by atoms with Crippen LogP contribution in [0.25, 0.3) is 0 Å². The summed E-state index contributed by atoms with van der Waals surface area (Å²) >= 11 is 0. The number of esters is 1. The van der Waals surface area contributed by atoms with E-state index in [1.807, 2.05) is 0 Å². The molecule has 1 aliphatic rings. The fraction of sp³-hybridized carbons (Fsp3) is 0.917. The Kier molecular flexibility index (Phi) is 6.22. The van der Waals surface area contributed by atoms with Crippen LogP contribution >= 0.6 is 0 Å². The Morgan fingerprint density at radius 1 is 1.37 bits per heavy atom. The number of nitrogens with one attached hydrogen (secondary N) is 1. The van der Waals surface area contributed by atoms with Gasteiger partial charge in [-0.25, -0.2) is 12.7 Å². The van der Waals surface area contributed by atoms with Crippen LogP contribution in [0.3, 0.4) is 0 Å². The third kappa shape index (κ3) is 3.90. The summed E-state index contributed by atoms with van der Waals surface area (Å²) in [7, 11) is 1.21. The molecule has 0 bridgehead atoms. The van der Waals surface area contributed by atoms with E-state index in [1.165, 1.54) is 11.4 Å². The molecule has 1 saturated carbocycles. The minimum atomic E-state index is -3.45. The quantitative estimate of drug-likeness (QED) is 0.708. The minimum Gasteiger partial charge on any atom is -0.469 e. The molecule has 1 N–H and O–H groups in total. The zero-order valence-corrected chi connectivity index (χ0v) is 12.7. The number of hydrogen-bond acceptors (Lipinski definition) is 5. The lowest BCUT2D eigenvalue weighted by Gasteiger charge is -2.32. The van der Waals surface area contributed by atoms with Gasteiger partial charge in [-0.3, -0.25) is 4.79 Å². The van der Waals surface area contributed by atoms with Crippen molar-refractivity contribution in [2.75, 3.05) is 34.3 Å².